The normalized spacial score (nSPS) is 19.0. The fraction of sp³-hybridized carbons (Fsp3) is 0.222. The van der Waals surface area contributed by atoms with Gasteiger partial charge < -0.3 is 20.7 Å². The van der Waals surface area contributed by atoms with Crippen LogP contribution in [-0.2, 0) is 4.79 Å². The Labute approximate surface area is 148 Å². The van der Waals surface area contributed by atoms with Crippen molar-refractivity contribution in [3.63, 3.8) is 0 Å². The molecule has 8 heteroatoms. The third-order valence-corrected chi connectivity index (χ3v) is 4.16. The van der Waals surface area contributed by atoms with E-state index >= 15 is 0 Å². The summed E-state index contributed by atoms with van der Waals surface area (Å²) in [6.07, 6.45) is 0. The quantitative estimate of drug-likeness (QED) is 0.782. The van der Waals surface area contributed by atoms with Gasteiger partial charge >= 0.3 is 6.03 Å². The van der Waals surface area contributed by atoms with Crippen LogP contribution in [0.25, 0.3) is 0 Å². The first kappa shape index (κ1) is 17.7. The molecule has 1 aliphatic heterocycles. The summed E-state index contributed by atoms with van der Waals surface area (Å²) in [6.45, 7) is 0.00921. The summed E-state index contributed by atoms with van der Waals surface area (Å²) in [5, 5.41) is 7.58. The van der Waals surface area contributed by atoms with Gasteiger partial charge in [0.15, 0.2) is 0 Å². The smallest absolute Gasteiger partial charge is 0.319 e. The van der Waals surface area contributed by atoms with Gasteiger partial charge in [-0.2, -0.15) is 0 Å². The predicted octanol–water partition coefficient (Wildman–Crippen LogP) is 2.38. The number of halogens is 2. The minimum absolute atomic E-state index is 0.00921. The standard InChI is InChI=1S/C18H17F2N3O3/c1-26-11-7-13(19)15(14(20)8-11)12-9-21-17(24)16(12)23-18(25)22-10-5-3-2-4-6-10/h2-8,12,16H,9H2,1H3,(H,21,24)(H2,22,23,25)/t12?,16-/m0/s1. The second-order valence-electron chi connectivity index (χ2n) is 5.80. The first-order valence-corrected chi connectivity index (χ1v) is 7.93. The average molecular weight is 361 g/mol. The summed E-state index contributed by atoms with van der Waals surface area (Å²) in [5.41, 5.74) is 0.260. The Morgan fingerprint density at radius 2 is 1.85 bits per heavy atom. The van der Waals surface area contributed by atoms with Crippen molar-refractivity contribution in [2.24, 2.45) is 0 Å². The van der Waals surface area contributed by atoms with E-state index in [9.17, 15) is 18.4 Å². The molecule has 0 aromatic heterocycles. The van der Waals surface area contributed by atoms with Gasteiger partial charge in [0.2, 0.25) is 5.91 Å². The number of carbonyl (C=O) groups is 2. The fourth-order valence-corrected chi connectivity index (χ4v) is 2.92. The zero-order valence-corrected chi connectivity index (χ0v) is 13.9. The van der Waals surface area contributed by atoms with Gasteiger partial charge in [-0.25, -0.2) is 13.6 Å². The van der Waals surface area contributed by atoms with Crippen LogP contribution >= 0.6 is 0 Å². The topological polar surface area (TPSA) is 79.5 Å². The van der Waals surface area contributed by atoms with E-state index in [1.807, 2.05) is 0 Å². The van der Waals surface area contributed by atoms with E-state index < -0.39 is 35.5 Å². The number of methoxy groups -OCH3 is 1. The summed E-state index contributed by atoms with van der Waals surface area (Å²) in [7, 11) is 1.30. The van der Waals surface area contributed by atoms with Crippen molar-refractivity contribution in [1.29, 1.82) is 0 Å². The molecule has 3 amide bonds. The molecule has 1 fully saturated rings. The Balaban J connectivity index is 1.80. The lowest BCUT2D eigenvalue weighted by Crippen LogP contribution is -2.45. The first-order valence-electron chi connectivity index (χ1n) is 7.93. The van der Waals surface area contributed by atoms with Crippen LogP contribution < -0.4 is 20.7 Å². The molecule has 3 N–H and O–H groups in total. The molecule has 2 atom stereocenters. The van der Waals surface area contributed by atoms with E-state index in [-0.39, 0.29) is 17.9 Å². The SMILES string of the molecule is COc1cc(F)c(C2CNC(=O)[C@H]2NC(=O)Nc2ccccc2)c(F)c1. The van der Waals surface area contributed by atoms with E-state index in [2.05, 4.69) is 16.0 Å². The minimum atomic E-state index is -1.10. The lowest BCUT2D eigenvalue weighted by molar-refractivity contribution is -0.120. The van der Waals surface area contributed by atoms with Crippen molar-refractivity contribution in [1.82, 2.24) is 10.6 Å². The summed E-state index contributed by atoms with van der Waals surface area (Å²) in [4.78, 5) is 24.2. The highest BCUT2D eigenvalue weighted by molar-refractivity contribution is 5.95. The molecule has 2 aromatic carbocycles. The summed E-state index contributed by atoms with van der Waals surface area (Å²) < 4.78 is 33.5. The van der Waals surface area contributed by atoms with Gasteiger partial charge in [-0.05, 0) is 12.1 Å². The number of anilines is 1. The third-order valence-electron chi connectivity index (χ3n) is 4.16. The van der Waals surface area contributed by atoms with Gasteiger partial charge in [-0.15, -0.1) is 0 Å². The molecule has 1 heterocycles. The van der Waals surface area contributed by atoms with Gasteiger partial charge in [0.05, 0.1) is 7.11 Å². The number of hydrogen-bond donors (Lipinski definition) is 3. The maximum absolute atomic E-state index is 14.3. The van der Waals surface area contributed by atoms with Crippen molar-refractivity contribution in [3.05, 3.63) is 59.7 Å². The van der Waals surface area contributed by atoms with Crippen molar-refractivity contribution in [2.75, 3.05) is 19.0 Å². The maximum Gasteiger partial charge on any atom is 0.319 e. The molecular weight excluding hydrogens is 344 g/mol. The largest absolute Gasteiger partial charge is 0.497 e. The molecule has 0 aliphatic carbocycles. The molecule has 0 radical (unpaired) electrons. The van der Waals surface area contributed by atoms with Crippen molar-refractivity contribution in [3.8, 4) is 5.75 Å². The molecule has 0 saturated carbocycles. The molecule has 3 rings (SSSR count). The second-order valence-corrected chi connectivity index (χ2v) is 5.80. The first-order chi connectivity index (χ1) is 12.5. The zero-order chi connectivity index (χ0) is 18.7. The number of rotatable bonds is 4. The molecule has 0 spiro atoms. The molecular formula is C18H17F2N3O3. The van der Waals surface area contributed by atoms with E-state index in [4.69, 9.17) is 4.74 Å². The van der Waals surface area contributed by atoms with Gasteiger partial charge in [-0.1, -0.05) is 18.2 Å². The van der Waals surface area contributed by atoms with Crippen LogP contribution in [0.2, 0.25) is 0 Å². The van der Waals surface area contributed by atoms with Crippen LogP contribution in [0.1, 0.15) is 11.5 Å². The van der Waals surface area contributed by atoms with Crippen LogP contribution in [0.15, 0.2) is 42.5 Å². The number of ether oxygens (including phenoxy) is 1. The van der Waals surface area contributed by atoms with Crippen LogP contribution in [0.5, 0.6) is 5.75 Å². The van der Waals surface area contributed by atoms with Crippen molar-refractivity contribution >= 4 is 17.6 Å². The lowest BCUT2D eigenvalue weighted by Gasteiger charge is -2.20. The Morgan fingerprint density at radius 1 is 1.19 bits per heavy atom. The summed E-state index contributed by atoms with van der Waals surface area (Å²) >= 11 is 0. The highest BCUT2D eigenvalue weighted by atomic mass is 19.1. The fourth-order valence-electron chi connectivity index (χ4n) is 2.92. The molecule has 1 saturated heterocycles. The van der Waals surface area contributed by atoms with Crippen molar-refractivity contribution < 1.29 is 23.1 Å². The Morgan fingerprint density at radius 3 is 2.46 bits per heavy atom. The molecule has 0 bridgehead atoms. The monoisotopic (exact) mass is 361 g/mol. The van der Waals surface area contributed by atoms with Crippen LogP contribution in [0, 0.1) is 11.6 Å². The zero-order valence-electron chi connectivity index (χ0n) is 13.9. The Kier molecular flexibility index (Phi) is 5.01. The molecule has 1 unspecified atom stereocenters. The molecule has 2 aromatic rings. The van der Waals surface area contributed by atoms with Gasteiger partial charge in [0.25, 0.3) is 0 Å². The number of amides is 3. The summed E-state index contributed by atoms with van der Waals surface area (Å²) in [5.74, 6) is -3.02. The molecule has 136 valence electrons. The average Bonchev–Trinajstić information content (AvgIpc) is 2.95. The third kappa shape index (κ3) is 3.58. The highest BCUT2D eigenvalue weighted by Crippen LogP contribution is 2.31. The Bertz CT molecular complexity index is 807. The van der Waals surface area contributed by atoms with Crippen molar-refractivity contribution in [2.45, 2.75) is 12.0 Å². The predicted molar refractivity (Wildman–Crippen MR) is 91.0 cm³/mol. The number of urea groups is 1. The van der Waals surface area contributed by atoms with Crippen LogP contribution in [-0.4, -0.2) is 31.6 Å². The molecule has 26 heavy (non-hydrogen) atoms. The maximum atomic E-state index is 14.3. The van der Waals surface area contributed by atoms with E-state index in [0.717, 1.165) is 12.1 Å². The lowest BCUT2D eigenvalue weighted by atomic mass is 9.93. The number of hydrogen-bond acceptors (Lipinski definition) is 3. The molecule has 1 aliphatic rings. The number of nitrogens with one attached hydrogen (secondary N) is 3. The van der Waals surface area contributed by atoms with E-state index in [1.165, 1.54) is 7.11 Å². The molecule has 6 nitrogen and oxygen atoms in total. The van der Waals surface area contributed by atoms with Crippen LogP contribution in [0.4, 0.5) is 19.3 Å². The van der Waals surface area contributed by atoms with E-state index in [1.54, 1.807) is 30.3 Å². The van der Waals surface area contributed by atoms with Gasteiger partial charge in [-0.3, -0.25) is 4.79 Å². The number of benzene rings is 2. The Hall–Kier alpha value is -3.16. The van der Waals surface area contributed by atoms with E-state index in [0.29, 0.717) is 5.69 Å². The number of carbonyl (C=O) groups excluding carboxylic acids is 2. The van der Waals surface area contributed by atoms with Gasteiger partial charge in [0, 0.05) is 35.8 Å². The second kappa shape index (κ2) is 7.38. The number of para-hydroxylation sites is 1. The highest BCUT2D eigenvalue weighted by Gasteiger charge is 2.40. The summed E-state index contributed by atoms with van der Waals surface area (Å²) in [6, 6.07) is 8.96. The van der Waals surface area contributed by atoms with Gasteiger partial charge in [0.1, 0.15) is 23.4 Å². The minimum Gasteiger partial charge on any atom is -0.497 e. The van der Waals surface area contributed by atoms with Crippen LogP contribution in [0.3, 0.4) is 0 Å².